The summed E-state index contributed by atoms with van der Waals surface area (Å²) in [6.45, 7) is 3.29. The van der Waals surface area contributed by atoms with Crippen LogP contribution in [-0.2, 0) is 22.1 Å². The van der Waals surface area contributed by atoms with Gasteiger partial charge in [-0.05, 0) is 60.6 Å². The zero-order chi connectivity index (χ0) is 26.2. The number of nitrogens with one attached hydrogen (secondary N) is 2. The third-order valence-corrected chi connectivity index (χ3v) is 7.45. The first-order chi connectivity index (χ1) is 17.1. The van der Waals surface area contributed by atoms with Crippen molar-refractivity contribution < 1.29 is 22.7 Å². The predicted octanol–water partition coefficient (Wildman–Crippen LogP) is 4.94. The topological polar surface area (TPSA) is 95.5 Å². The van der Waals surface area contributed by atoms with Gasteiger partial charge in [0.05, 0.1) is 11.3 Å². The number of amides is 1. The number of phenols is 1. The second-order valence-corrected chi connectivity index (χ2v) is 10.9. The van der Waals surface area contributed by atoms with Gasteiger partial charge in [-0.1, -0.05) is 67.6 Å². The molecule has 0 spiro atoms. The molecule has 3 aromatic rings. The quantitative estimate of drug-likeness (QED) is 0.300. The number of sulfonamides is 1. The van der Waals surface area contributed by atoms with Gasteiger partial charge < -0.3 is 10.4 Å². The van der Waals surface area contributed by atoms with Crippen molar-refractivity contribution in [3.63, 3.8) is 0 Å². The summed E-state index contributed by atoms with van der Waals surface area (Å²) in [6.07, 6.45) is 1.96. The summed E-state index contributed by atoms with van der Waals surface area (Å²) in [5.74, 6) is -0.374. The number of alkyl halides is 1. The van der Waals surface area contributed by atoms with E-state index in [9.17, 15) is 18.3 Å². The van der Waals surface area contributed by atoms with Crippen LogP contribution in [0.4, 0.5) is 4.39 Å². The van der Waals surface area contributed by atoms with Crippen LogP contribution in [0.2, 0.25) is 0 Å². The second-order valence-electron chi connectivity index (χ2n) is 8.99. The minimum atomic E-state index is -3.48. The molecular formula is C28H33FN2O4S. The first kappa shape index (κ1) is 27.4. The molecule has 0 saturated heterocycles. The minimum Gasteiger partial charge on any atom is -0.507 e. The summed E-state index contributed by atoms with van der Waals surface area (Å²) in [4.78, 5) is 12.2. The number of aromatic hydroxyl groups is 1. The third-order valence-electron chi connectivity index (χ3n) is 5.92. The van der Waals surface area contributed by atoms with Gasteiger partial charge in [0.25, 0.3) is 5.91 Å². The van der Waals surface area contributed by atoms with Gasteiger partial charge in [0.1, 0.15) is 11.4 Å². The number of benzene rings is 3. The molecule has 1 atom stereocenters. The zero-order valence-corrected chi connectivity index (χ0v) is 21.4. The lowest BCUT2D eigenvalue weighted by molar-refractivity contribution is 0.0950. The largest absolute Gasteiger partial charge is 0.507 e. The third kappa shape index (κ3) is 7.63. The van der Waals surface area contributed by atoms with Gasteiger partial charge >= 0.3 is 0 Å². The van der Waals surface area contributed by atoms with E-state index in [1.807, 2.05) is 30.3 Å². The van der Waals surface area contributed by atoms with E-state index in [1.165, 1.54) is 13.0 Å². The Labute approximate surface area is 212 Å². The number of carbonyl (C=O) groups is 1. The van der Waals surface area contributed by atoms with Crippen molar-refractivity contribution in [1.29, 1.82) is 0 Å². The van der Waals surface area contributed by atoms with Crippen molar-refractivity contribution in [2.75, 3.05) is 18.8 Å². The predicted molar refractivity (Wildman–Crippen MR) is 141 cm³/mol. The van der Waals surface area contributed by atoms with Gasteiger partial charge in [0.2, 0.25) is 10.0 Å². The lowest BCUT2D eigenvalue weighted by Gasteiger charge is -2.22. The molecule has 0 aromatic heterocycles. The van der Waals surface area contributed by atoms with Crippen LogP contribution >= 0.6 is 0 Å². The molecule has 3 rings (SSSR count). The average molecular weight is 513 g/mol. The maximum atomic E-state index is 15.2. The van der Waals surface area contributed by atoms with Crippen LogP contribution in [0.3, 0.4) is 0 Å². The molecule has 6 nitrogen and oxygen atoms in total. The van der Waals surface area contributed by atoms with Crippen molar-refractivity contribution in [3.8, 4) is 16.9 Å². The number of rotatable bonds is 12. The summed E-state index contributed by atoms with van der Waals surface area (Å²) in [7, 11) is -3.48. The Morgan fingerprint density at radius 1 is 1.00 bits per heavy atom. The van der Waals surface area contributed by atoms with E-state index >= 15 is 4.39 Å². The maximum absolute atomic E-state index is 15.2. The summed E-state index contributed by atoms with van der Waals surface area (Å²) in [5, 5.41) is 12.6. The fourth-order valence-corrected chi connectivity index (χ4v) is 5.03. The molecule has 0 radical (unpaired) electrons. The van der Waals surface area contributed by atoms with E-state index in [2.05, 4.69) is 16.1 Å². The van der Waals surface area contributed by atoms with E-state index in [0.29, 0.717) is 18.5 Å². The normalized spacial score (nSPS) is 13.2. The van der Waals surface area contributed by atoms with Gasteiger partial charge in [0, 0.05) is 13.1 Å². The van der Waals surface area contributed by atoms with Crippen LogP contribution in [0.15, 0.2) is 72.8 Å². The highest BCUT2D eigenvalue weighted by molar-refractivity contribution is 7.89. The molecule has 0 saturated carbocycles. The van der Waals surface area contributed by atoms with E-state index in [4.69, 9.17) is 0 Å². The Bertz CT molecular complexity index is 1270. The van der Waals surface area contributed by atoms with Crippen molar-refractivity contribution >= 4 is 15.9 Å². The van der Waals surface area contributed by atoms with E-state index in [-0.39, 0.29) is 29.5 Å². The summed E-state index contributed by atoms with van der Waals surface area (Å²) >= 11 is 0. The Balaban J connectivity index is 1.56. The number of para-hydroxylation sites is 1. The summed E-state index contributed by atoms with van der Waals surface area (Å²) < 4.78 is 41.3. The molecule has 1 amide bonds. The number of hydrogen-bond acceptors (Lipinski definition) is 4. The van der Waals surface area contributed by atoms with E-state index < -0.39 is 15.7 Å². The minimum absolute atomic E-state index is 0.0264. The van der Waals surface area contributed by atoms with Crippen LogP contribution in [0.25, 0.3) is 11.1 Å². The highest BCUT2D eigenvalue weighted by Gasteiger charge is 2.27. The molecule has 3 aromatic carbocycles. The molecule has 0 aliphatic rings. The van der Waals surface area contributed by atoms with Crippen molar-refractivity contribution in [3.05, 3.63) is 89.5 Å². The Morgan fingerprint density at radius 2 is 1.72 bits per heavy atom. The van der Waals surface area contributed by atoms with Gasteiger partial charge in [0.15, 0.2) is 0 Å². The monoisotopic (exact) mass is 512 g/mol. The van der Waals surface area contributed by atoms with Crippen molar-refractivity contribution in [2.45, 2.75) is 38.8 Å². The highest BCUT2D eigenvalue weighted by Crippen LogP contribution is 2.28. The van der Waals surface area contributed by atoms with Gasteiger partial charge in [-0.15, -0.1) is 0 Å². The molecule has 36 heavy (non-hydrogen) atoms. The molecule has 8 heteroatoms. The van der Waals surface area contributed by atoms with Gasteiger partial charge in [-0.25, -0.2) is 17.5 Å². The first-order valence-corrected chi connectivity index (χ1v) is 13.7. The fourth-order valence-electron chi connectivity index (χ4n) is 3.86. The number of phenolic OH excluding ortho intramolecular Hbond substituents is 1. The first-order valence-electron chi connectivity index (χ1n) is 12.0. The molecular weight excluding hydrogens is 479 g/mol. The maximum Gasteiger partial charge on any atom is 0.255 e. The molecule has 0 aliphatic carbocycles. The molecule has 192 valence electrons. The van der Waals surface area contributed by atoms with Crippen LogP contribution in [0, 0.1) is 0 Å². The van der Waals surface area contributed by atoms with Crippen LogP contribution < -0.4 is 10.0 Å². The smallest absolute Gasteiger partial charge is 0.255 e. The molecule has 0 fully saturated rings. The molecule has 1 unspecified atom stereocenters. The van der Waals surface area contributed by atoms with Crippen molar-refractivity contribution in [1.82, 2.24) is 10.0 Å². The Kier molecular flexibility index (Phi) is 9.23. The average Bonchev–Trinajstić information content (AvgIpc) is 2.86. The van der Waals surface area contributed by atoms with Gasteiger partial charge in [-0.2, -0.15) is 0 Å². The van der Waals surface area contributed by atoms with E-state index in [0.717, 1.165) is 29.5 Å². The SMILES string of the molecule is CCCS(=O)(=O)NCC(C)(F)c1ccc(-c2cccc(CCCNC(=O)c3ccccc3O)c2)cc1. The number of halogens is 1. The van der Waals surface area contributed by atoms with Crippen LogP contribution in [0.5, 0.6) is 5.75 Å². The summed E-state index contributed by atoms with van der Waals surface area (Å²) in [6, 6.07) is 21.5. The zero-order valence-electron chi connectivity index (χ0n) is 20.6. The van der Waals surface area contributed by atoms with Crippen LogP contribution in [0.1, 0.15) is 48.2 Å². The lowest BCUT2D eigenvalue weighted by atomic mass is 9.94. The fraction of sp³-hybridized carbons (Fsp3) is 0.321. The number of aryl methyl sites for hydroxylation is 1. The highest BCUT2D eigenvalue weighted by atomic mass is 32.2. The lowest BCUT2D eigenvalue weighted by Crippen LogP contribution is -2.36. The van der Waals surface area contributed by atoms with E-state index in [1.54, 1.807) is 37.3 Å². The molecule has 0 heterocycles. The number of carbonyl (C=O) groups excluding carboxylic acids is 1. The standard InChI is InChI=1S/C28H33FN2O4S/c1-3-18-36(34,35)31-20-28(2,29)24-15-13-22(14-16-24)23-10-6-8-21(19-23)9-7-17-30-27(33)25-11-4-5-12-26(25)32/h4-6,8,10-16,19,31-32H,3,7,9,17-18,20H2,1-2H3,(H,30,33). The second kappa shape index (κ2) is 12.1. The molecule has 0 aliphatic heterocycles. The Hall–Kier alpha value is -3.23. The van der Waals surface area contributed by atoms with Crippen LogP contribution in [-0.4, -0.2) is 38.3 Å². The number of hydrogen-bond donors (Lipinski definition) is 3. The van der Waals surface area contributed by atoms with Gasteiger partial charge in [-0.3, -0.25) is 4.79 Å². The molecule has 0 bridgehead atoms. The molecule has 3 N–H and O–H groups in total. The van der Waals surface area contributed by atoms with Crippen molar-refractivity contribution in [2.24, 2.45) is 0 Å². The summed E-state index contributed by atoms with van der Waals surface area (Å²) in [5.41, 5.74) is 1.85. The Morgan fingerprint density at radius 3 is 2.42 bits per heavy atom.